The number of hydrogen-bond acceptors (Lipinski definition) is 5. The molecular formula is C20H17ClN2O5. The number of nitrogens with one attached hydrogen (secondary N) is 1. The minimum Gasteiger partial charge on any atom is -0.449 e. The molecule has 0 fully saturated rings. The summed E-state index contributed by atoms with van der Waals surface area (Å²) in [6.07, 6.45) is -1.07. The summed E-state index contributed by atoms with van der Waals surface area (Å²) in [6.45, 7) is 3.16. The second-order valence-electron chi connectivity index (χ2n) is 6.18. The highest BCUT2D eigenvalue weighted by atomic mass is 35.5. The van der Waals surface area contributed by atoms with Crippen LogP contribution < -0.4 is 11.1 Å². The molecular weight excluding hydrogens is 384 g/mol. The number of rotatable bonds is 5. The van der Waals surface area contributed by atoms with Crippen molar-refractivity contribution < 1.29 is 23.5 Å². The van der Waals surface area contributed by atoms with Gasteiger partial charge in [-0.3, -0.25) is 9.59 Å². The molecule has 0 saturated carbocycles. The Morgan fingerprint density at radius 2 is 1.82 bits per heavy atom. The van der Waals surface area contributed by atoms with E-state index in [0.717, 1.165) is 0 Å². The number of nitrogens with two attached hydrogens (primary N) is 1. The molecule has 0 bridgehead atoms. The van der Waals surface area contributed by atoms with Gasteiger partial charge in [-0.1, -0.05) is 11.6 Å². The molecule has 2 amide bonds. The molecule has 1 aromatic heterocycles. The van der Waals surface area contributed by atoms with E-state index in [2.05, 4.69) is 5.32 Å². The van der Waals surface area contributed by atoms with E-state index in [-0.39, 0.29) is 5.76 Å². The molecule has 3 N–H and O–H groups in total. The first-order valence-electron chi connectivity index (χ1n) is 8.36. The number of anilines is 1. The number of amides is 2. The first kappa shape index (κ1) is 19.4. The fraction of sp³-hybridized carbons (Fsp3) is 0.150. The predicted molar refractivity (Wildman–Crippen MR) is 104 cm³/mol. The van der Waals surface area contributed by atoms with E-state index >= 15 is 0 Å². The number of primary amides is 1. The van der Waals surface area contributed by atoms with Gasteiger partial charge >= 0.3 is 5.97 Å². The van der Waals surface area contributed by atoms with Gasteiger partial charge in [-0.2, -0.15) is 0 Å². The Labute approximate surface area is 165 Å². The SMILES string of the molecule is Cc1c(C(=O)OC(C)C(=O)Nc2ccc(C(N)=O)cc2)oc2ccc(Cl)cc12. The second kappa shape index (κ2) is 7.74. The number of ether oxygens (including phenoxy) is 1. The van der Waals surface area contributed by atoms with Gasteiger partial charge in [0.25, 0.3) is 5.91 Å². The van der Waals surface area contributed by atoms with Crippen molar-refractivity contribution in [2.75, 3.05) is 5.32 Å². The zero-order valence-corrected chi connectivity index (χ0v) is 15.9. The lowest BCUT2D eigenvalue weighted by Crippen LogP contribution is -2.30. The van der Waals surface area contributed by atoms with Crippen molar-refractivity contribution in [3.63, 3.8) is 0 Å². The van der Waals surface area contributed by atoms with E-state index in [9.17, 15) is 14.4 Å². The van der Waals surface area contributed by atoms with Crippen molar-refractivity contribution in [1.29, 1.82) is 0 Å². The lowest BCUT2D eigenvalue weighted by Gasteiger charge is -2.13. The summed E-state index contributed by atoms with van der Waals surface area (Å²) in [5.74, 6) is -1.83. The summed E-state index contributed by atoms with van der Waals surface area (Å²) in [5.41, 5.74) is 7.01. The minimum atomic E-state index is -1.07. The van der Waals surface area contributed by atoms with Crippen molar-refractivity contribution in [3.05, 3.63) is 64.4 Å². The molecule has 0 spiro atoms. The van der Waals surface area contributed by atoms with Crippen LogP contribution in [-0.2, 0) is 9.53 Å². The summed E-state index contributed by atoms with van der Waals surface area (Å²) in [4.78, 5) is 35.8. The molecule has 3 rings (SSSR count). The quantitative estimate of drug-likeness (QED) is 0.634. The second-order valence-corrected chi connectivity index (χ2v) is 6.61. The van der Waals surface area contributed by atoms with Crippen LogP contribution in [0.5, 0.6) is 0 Å². The van der Waals surface area contributed by atoms with Crippen LogP contribution in [0.1, 0.15) is 33.4 Å². The first-order valence-corrected chi connectivity index (χ1v) is 8.74. The number of hydrogen-bond donors (Lipinski definition) is 2. The van der Waals surface area contributed by atoms with Crippen LogP contribution in [0.2, 0.25) is 5.02 Å². The summed E-state index contributed by atoms with van der Waals surface area (Å²) < 4.78 is 10.8. The summed E-state index contributed by atoms with van der Waals surface area (Å²) >= 11 is 5.97. The number of fused-ring (bicyclic) bond motifs is 1. The number of halogens is 1. The van der Waals surface area contributed by atoms with Crippen LogP contribution >= 0.6 is 11.6 Å². The third-order valence-electron chi connectivity index (χ3n) is 4.17. The maximum absolute atomic E-state index is 12.4. The van der Waals surface area contributed by atoms with Crippen LogP contribution in [0, 0.1) is 6.92 Å². The van der Waals surface area contributed by atoms with E-state index in [0.29, 0.717) is 32.8 Å². The van der Waals surface area contributed by atoms with Gasteiger partial charge in [-0.25, -0.2) is 4.79 Å². The molecule has 144 valence electrons. The van der Waals surface area contributed by atoms with Crippen molar-refractivity contribution >= 4 is 46.0 Å². The number of furan rings is 1. The molecule has 0 aliphatic carbocycles. The molecule has 3 aromatic rings. The standard InChI is InChI=1S/C20H17ClN2O5/c1-10-15-9-13(21)5-8-16(15)28-17(10)20(26)27-11(2)19(25)23-14-6-3-12(4-7-14)18(22)24/h3-9,11H,1-2H3,(H2,22,24)(H,23,25). The van der Waals surface area contributed by atoms with Crippen molar-refractivity contribution in [2.24, 2.45) is 5.73 Å². The van der Waals surface area contributed by atoms with E-state index in [1.54, 1.807) is 25.1 Å². The molecule has 1 heterocycles. The normalized spacial score (nSPS) is 11.8. The maximum Gasteiger partial charge on any atom is 0.375 e. The Bertz CT molecular complexity index is 1070. The molecule has 0 saturated heterocycles. The van der Waals surface area contributed by atoms with Gasteiger partial charge in [-0.05, 0) is 56.3 Å². The zero-order chi connectivity index (χ0) is 20.4. The highest BCUT2D eigenvalue weighted by Crippen LogP contribution is 2.28. The molecule has 8 heteroatoms. The monoisotopic (exact) mass is 400 g/mol. The van der Waals surface area contributed by atoms with Crippen LogP contribution in [0.15, 0.2) is 46.9 Å². The van der Waals surface area contributed by atoms with Gasteiger partial charge in [-0.15, -0.1) is 0 Å². The van der Waals surface area contributed by atoms with Crippen molar-refractivity contribution in [3.8, 4) is 0 Å². The molecule has 1 unspecified atom stereocenters. The predicted octanol–water partition coefficient (Wildman–Crippen LogP) is 3.68. The first-order chi connectivity index (χ1) is 13.3. The van der Waals surface area contributed by atoms with Gasteiger partial charge < -0.3 is 20.2 Å². The van der Waals surface area contributed by atoms with Gasteiger partial charge in [0, 0.05) is 27.2 Å². The fourth-order valence-electron chi connectivity index (χ4n) is 2.62. The van der Waals surface area contributed by atoms with Gasteiger partial charge in [0.1, 0.15) is 5.58 Å². The van der Waals surface area contributed by atoms with E-state index in [1.807, 2.05) is 0 Å². The number of carbonyl (C=O) groups is 3. The Kier molecular flexibility index (Phi) is 5.37. The van der Waals surface area contributed by atoms with Gasteiger partial charge in [0.2, 0.25) is 11.7 Å². The molecule has 28 heavy (non-hydrogen) atoms. The van der Waals surface area contributed by atoms with Crippen molar-refractivity contribution in [2.45, 2.75) is 20.0 Å². The lowest BCUT2D eigenvalue weighted by atomic mass is 10.1. The highest BCUT2D eigenvalue weighted by Gasteiger charge is 2.24. The Hall–Kier alpha value is -3.32. The van der Waals surface area contributed by atoms with Crippen LogP contribution in [-0.4, -0.2) is 23.9 Å². The highest BCUT2D eigenvalue weighted by molar-refractivity contribution is 6.31. The maximum atomic E-state index is 12.4. The van der Waals surface area contributed by atoms with E-state index < -0.39 is 23.9 Å². The molecule has 7 nitrogen and oxygen atoms in total. The minimum absolute atomic E-state index is 0.0164. The third kappa shape index (κ3) is 3.99. The molecule has 0 aliphatic rings. The molecule has 2 aromatic carbocycles. The fourth-order valence-corrected chi connectivity index (χ4v) is 2.79. The summed E-state index contributed by atoms with van der Waals surface area (Å²) in [6, 6.07) is 11.0. The average molecular weight is 401 g/mol. The zero-order valence-electron chi connectivity index (χ0n) is 15.1. The van der Waals surface area contributed by atoms with Gasteiger partial charge in [0.05, 0.1) is 0 Å². The number of benzene rings is 2. The average Bonchev–Trinajstić information content (AvgIpc) is 2.98. The van der Waals surface area contributed by atoms with Crippen molar-refractivity contribution in [1.82, 2.24) is 0 Å². The smallest absolute Gasteiger partial charge is 0.375 e. The van der Waals surface area contributed by atoms with Crippen LogP contribution in [0.3, 0.4) is 0 Å². The number of esters is 1. The lowest BCUT2D eigenvalue weighted by molar-refractivity contribution is -0.123. The Balaban J connectivity index is 1.69. The van der Waals surface area contributed by atoms with Gasteiger partial charge in [0.15, 0.2) is 6.10 Å². The Morgan fingerprint density at radius 1 is 1.14 bits per heavy atom. The summed E-state index contributed by atoms with van der Waals surface area (Å²) in [5, 5.41) is 3.82. The third-order valence-corrected chi connectivity index (χ3v) is 4.41. The van der Waals surface area contributed by atoms with Crippen LogP contribution in [0.25, 0.3) is 11.0 Å². The van der Waals surface area contributed by atoms with E-state index in [4.69, 9.17) is 26.5 Å². The largest absolute Gasteiger partial charge is 0.449 e. The Morgan fingerprint density at radius 3 is 2.46 bits per heavy atom. The number of carbonyl (C=O) groups excluding carboxylic acids is 3. The topological polar surface area (TPSA) is 112 Å². The molecule has 0 radical (unpaired) electrons. The van der Waals surface area contributed by atoms with Crippen LogP contribution in [0.4, 0.5) is 5.69 Å². The molecule has 1 atom stereocenters. The van der Waals surface area contributed by atoms with E-state index in [1.165, 1.54) is 31.2 Å². The summed E-state index contributed by atoms with van der Waals surface area (Å²) in [7, 11) is 0. The molecule has 0 aliphatic heterocycles. The number of aryl methyl sites for hydroxylation is 1.